The van der Waals surface area contributed by atoms with E-state index in [4.69, 9.17) is 18.9 Å². The SMILES string of the molecule is O=C([C@H](OCc1ccccc1)[C@@H](OCc1ccccc1)[C@H](OCc1ccccc1)[C@](O)(CO)COCc1ccccc1)N1CCN(C(c2ccccc2)(c2ccccc2)c2ccccc2)CC1. The molecule has 0 unspecified atom stereocenters. The zero-order valence-electron chi connectivity index (χ0n) is 37.8. The van der Waals surface area contributed by atoms with Crippen LogP contribution in [-0.2, 0) is 55.7 Å². The Morgan fingerprint density at radius 1 is 0.478 bits per heavy atom. The number of rotatable bonds is 22. The number of nitrogens with zero attached hydrogens (tertiary/aromatic N) is 2. The predicted molar refractivity (Wildman–Crippen MR) is 261 cm³/mol. The largest absolute Gasteiger partial charge is 0.393 e. The molecule has 8 rings (SSSR count). The monoisotopic (exact) mass is 896 g/mol. The molecule has 1 heterocycles. The highest BCUT2D eigenvalue weighted by Crippen LogP contribution is 2.43. The van der Waals surface area contributed by atoms with Crippen molar-refractivity contribution in [3.8, 4) is 0 Å². The van der Waals surface area contributed by atoms with Gasteiger partial charge in [0.25, 0.3) is 5.91 Å². The van der Waals surface area contributed by atoms with Gasteiger partial charge in [0.15, 0.2) is 6.10 Å². The van der Waals surface area contributed by atoms with E-state index in [1.54, 1.807) is 0 Å². The second kappa shape index (κ2) is 23.5. The van der Waals surface area contributed by atoms with Crippen LogP contribution in [0.25, 0.3) is 0 Å². The average Bonchev–Trinajstić information content (AvgIpc) is 3.40. The van der Waals surface area contributed by atoms with Crippen LogP contribution in [0.3, 0.4) is 0 Å². The van der Waals surface area contributed by atoms with Gasteiger partial charge in [0, 0.05) is 26.2 Å². The lowest BCUT2D eigenvalue weighted by atomic mass is 9.75. The number of amides is 1. The Bertz CT molecular complexity index is 2400. The molecule has 7 aromatic rings. The Labute approximate surface area is 394 Å². The van der Waals surface area contributed by atoms with E-state index in [1.807, 2.05) is 144 Å². The highest BCUT2D eigenvalue weighted by atomic mass is 16.6. The first-order valence-electron chi connectivity index (χ1n) is 23.1. The van der Waals surface area contributed by atoms with Crippen molar-refractivity contribution in [1.29, 1.82) is 0 Å². The fourth-order valence-corrected chi connectivity index (χ4v) is 9.15. The fraction of sp³-hybridized carbons (Fsp3) is 0.259. The van der Waals surface area contributed by atoms with Gasteiger partial charge in [-0.05, 0) is 38.9 Å². The maximum Gasteiger partial charge on any atom is 0.254 e. The first-order valence-corrected chi connectivity index (χ1v) is 23.1. The van der Waals surface area contributed by atoms with Crippen molar-refractivity contribution in [2.45, 2.75) is 55.9 Å². The van der Waals surface area contributed by atoms with Crippen molar-refractivity contribution < 1.29 is 34.0 Å². The molecule has 9 nitrogen and oxygen atoms in total. The summed E-state index contributed by atoms with van der Waals surface area (Å²) >= 11 is 0. The second-order valence-corrected chi connectivity index (χ2v) is 17.1. The van der Waals surface area contributed by atoms with Crippen molar-refractivity contribution in [2.75, 3.05) is 39.4 Å². The lowest BCUT2D eigenvalue weighted by molar-refractivity contribution is -0.233. The molecule has 7 aromatic carbocycles. The minimum absolute atomic E-state index is 0.0521. The third-order valence-corrected chi connectivity index (χ3v) is 12.6. The van der Waals surface area contributed by atoms with Crippen LogP contribution in [0.15, 0.2) is 212 Å². The van der Waals surface area contributed by atoms with Gasteiger partial charge in [0.05, 0.1) is 45.2 Å². The van der Waals surface area contributed by atoms with E-state index in [9.17, 15) is 10.2 Å². The number of piperazine rings is 1. The summed E-state index contributed by atoms with van der Waals surface area (Å²) in [6.07, 6.45) is -3.83. The molecule has 4 atom stereocenters. The number of carbonyl (C=O) groups excluding carboxylic acids is 1. The first-order chi connectivity index (χ1) is 33.0. The number of benzene rings is 7. The standard InChI is InChI=1S/C58H60N2O7/c61-44-57(63,45-64-40-46-22-8-1-9-23-46)55(67-43-49-28-14-4-15-29-49)53(65-41-47-24-10-2-11-25-47)54(66-42-48-26-12-3-13-27-48)56(62)59-36-38-60(39-37-59)58(50-30-16-5-17-31-50,51-32-18-6-19-33-51)52-34-20-7-21-35-52/h1-35,53-55,61,63H,36-45H2/t53-,54-,55+,57+/m1/s1. The number of ether oxygens (including phenoxy) is 4. The van der Waals surface area contributed by atoms with E-state index < -0.39 is 36.1 Å². The zero-order chi connectivity index (χ0) is 46.2. The molecule has 0 spiro atoms. The van der Waals surface area contributed by atoms with Crippen LogP contribution in [-0.4, -0.2) is 89.2 Å². The Morgan fingerprint density at radius 3 is 1.24 bits per heavy atom. The molecule has 1 saturated heterocycles. The van der Waals surface area contributed by atoms with Gasteiger partial charge in [-0.1, -0.05) is 212 Å². The Balaban J connectivity index is 1.16. The number of carbonyl (C=O) groups is 1. The van der Waals surface area contributed by atoms with E-state index in [-0.39, 0.29) is 38.9 Å². The number of hydrogen-bond acceptors (Lipinski definition) is 8. The molecule has 1 amide bonds. The van der Waals surface area contributed by atoms with Gasteiger partial charge in [0.1, 0.15) is 17.8 Å². The summed E-state index contributed by atoms with van der Waals surface area (Å²) in [4.78, 5) is 19.9. The zero-order valence-corrected chi connectivity index (χ0v) is 37.8. The summed E-state index contributed by atoms with van der Waals surface area (Å²) in [6.45, 7) is 1.15. The van der Waals surface area contributed by atoms with E-state index in [1.165, 1.54) is 0 Å². The second-order valence-electron chi connectivity index (χ2n) is 17.1. The molecule has 1 fully saturated rings. The first kappa shape index (κ1) is 47.2. The van der Waals surface area contributed by atoms with Gasteiger partial charge in [-0.25, -0.2) is 0 Å². The maximum absolute atomic E-state index is 15.6. The molecule has 1 aliphatic rings. The van der Waals surface area contributed by atoms with Crippen LogP contribution in [0.5, 0.6) is 0 Å². The third kappa shape index (κ3) is 11.6. The highest BCUT2D eigenvalue weighted by Gasteiger charge is 2.51. The van der Waals surface area contributed by atoms with Crippen LogP contribution >= 0.6 is 0 Å². The third-order valence-electron chi connectivity index (χ3n) is 12.6. The van der Waals surface area contributed by atoms with Gasteiger partial charge in [0.2, 0.25) is 0 Å². The summed E-state index contributed by atoms with van der Waals surface area (Å²) in [7, 11) is 0. The van der Waals surface area contributed by atoms with Crippen molar-refractivity contribution in [3.05, 3.63) is 251 Å². The van der Waals surface area contributed by atoms with Gasteiger partial charge >= 0.3 is 0 Å². The molecular weight excluding hydrogens is 837 g/mol. The number of aliphatic hydroxyl groups excluding tert-OH is 1. The maximum atomic E-state index is 15.6. The Morgan fingerprint density at radius 2 is 0.836 bits per heavy atom. The molecule has 0 aliphatic carbocycles. The summed E-state index contributed by atoms with van der Waals surface area (Å²) in [6, 6.07) is 70.2. The van der Waals surface area contributed by atoms with Crippen molar-refractivity contribution in [2.24, 2.45) is 0 Å². The van der Waals surface area contributed by atoms with Crippen molar-refractivity contribution in [3.63, 3.8) is 0 Å². The van der Waals surface area contributed by atoms with Crippen molar-refractivity contribution >= 4 is 5.91 Å². The minimum Gasteiger partial charge on any atom is -0.393 e. The number of hydrogen-bond donors (Lipinski definition) is 2. The smallest absolute Gasteiger partial charge is 0.254 e. The number of aliphatic hydroxyl groups is 2. The van der Waals surface area contributed by atoms with E-state index in [0.717, 1.165) is 38.9 Å². The molecule has 0 aromatic heterocycles. The molecule has 2 N–H and O–H groups in total. The van der Waals surface area contributed by atoms with Crippen LogP contribution in [0.2, 0.25) is 0 Å². The Hall–Kier alpha value is -6.27. The molecule has 344 valence electrons. The summed E-state index contributed by atoms with van der Waals surface area (Å²) in [5.41, 5.74) is 4.12. The molecule has 0 saturated carbocycles. The van der Waals surface area contributed by atoms with Gasteiger partial charge in [-0.3, -0.25) is 9.69 Å². The molecule has 67 heavy (non-hydrogen) atoms. The molecule has 1 aliphatic heterocycles. The lowest BCUT2D eigenvalue weighted by Gasteiger charge is -2.49. The molecule has 9 heteroatoms. The molecule has 0 bridgehead atoms. The normalized spacial score (nSPS) is 15.6. The average molecular weight is 897 g/mol. The summed E-state index contributed by atoms with van der Waals surface area (Å²) in [5.74, 6) is -0.308. The quantitative estimate of drug-likeness (QED) is 0.0652. The summed E-state index contributed by atoms with van der Waals surface area (Å²) < 4.78 is 26.6. The van der Waals surface area contributed by atoms with E-state index >= 15 is 4.79 Å². The molecule has 0 radical (unpaired) electrons. The van der Waals surface area contributed by atoms with Crippen LogP contribution < -0.4 is 0 Å². The minimum atomic E-state index is -2.04. The van der Waals surface area contributed by atoms with Crippen LogP contribution in [0, 0.1) is 0 Å². The van der Waals surface area contributed by atoms with Crippen molar-refractivity contribution in [1.82, 2.24) is 9.80 Å². The molecular formula is C58H60N2O7. The van der Waals surface area contributed by atoms with Gasteiger partial charge in [-0.2, -0.15) is 0 Å². The van der Waals surface area contributed by atoms with E-state index in [2.05, 4.69) is 77.7 Å². The van der Waals surface area contributed by atoms with Gasteiger partial charge in [-0.15, -0.1) is 0 Å². The Kier molecular flexibility index (Phi) is 16.5. The van der Waals surface area contributed by atoms with Crippen LogP contribution in [0.4, 0.5) is 0 Å². The fourth-order valence-electron chi connectivity index (χ4n) is 9.15. The predicted octanol–water partition coefficient (Wildman–Crippen LogP) is 8.82. The van der Waals surface area contributed by atoms with Gasteiger partial charge < -0.3 is 34.1 Å². The van der Waals surface area contributed by atoms with E-state index in [0.29, 0.717) is 26.2 Å². The van der Waals surface area contributed by atoms with Crippen LogP contribution in [0.1, 0.15) is 38.9 Å². The highest BCUT2D eigenvalue weighted by molar-refractivity contribution is 5.82. The lowest BCUT2D eigenvalue weighted by Crippen LogP contribution is -2.64. The summed E-state index contributed by atoms with van der Waals surface area (Å²) in [5, 5.41) is 24.0. The topological polar surface area (TPSA) is 101 Å².